The Labute approximate surface area is 192 Å². The lowest BCUT2D eigenvalue weighted by molar-refractivity contribution is 0.623. The van der Waals surface area contributed by atoms with Crippen molar-refractivity contribution in [3.8, 4) is 0 Å². The van der Waals surface area contributed by atoms with Crippen molar-refractivity contribution in [2.45, 2.75) is 33.4 Å². The Balaban J connectivity index is 0.00000231. The lowest BCUT2D eigenvalue weighted by Gasteiger charge is -2.30. The van der Waals surface area contributed by atoms with Crippen molar-refractivity contribution in [3.05, 3.63) is 93.5 Å². The van der Waals surface area contributed by atoms with Crippen LogP contribution in [0.2, 0.25) is 5.15 Å². The topological polar surface area (TPSA) is 21.1 Å². The van der Waals surface area contributed by atoms with Gasteiger partial charge in [-0.15, -0.1) is 12.4 Å². The molecule has 0 fully saturated rings. The maximum atomic E-state index is 13.8. The van der Waals surface area contributed by atoms with Gasteiger partial charge in [0.05, 0.1) is 5.52 Å². The first kappa shape index (κ1) is 21.7. The molecule has 3 heterocycles. The molecule has 1 aliphatic heterocycles. The first-order valence-corrected chi connectivity index (χ1v) is 10.6. The Hall–Kier alpha value is -2.56. The first-order chi connectivity index (χ1) is 14.5. The molecule has 0 unspecified atom stereocenters. The van der Waals surface area contributed by atoms with Crippen LogP contribution in [0.25, 0.3) is 10.9 Å². The largest absolute Gasteiger partial charge is 0.350 e. The highest BCUT2D eigenvalue weighted by atomic mass is 35.5. The predicted molar refractivity (Wildman–Crippen MR) is 128 cm³/mol. The highest BCUT2D eigenvalue weighted by Crippen LogP contribution is 2.36. The van der Waals surface area contributed by atoms with E-state index in [0.717, 1.165) is 47.5 Å². The minimum atomic E-state index is -0.215. The summed E-state index contributed by atoms with van der Waals surface area (Å²) in [6.45, 7) is 6.52. The van der Waals surface area contributed by atoms with Crippen molar-refractivity contribution < 1.29 is 4.39 Å². The maximum Gasteiger partial charge on any atom is 0.155 e. The average Bonchev–Trinajstić information content (AvgIpc) is 2.98. The fraction of sp³-hybridized carbons (Fsp3) is 0.240. The van der Waals surface area contributed by atoms with Crippen molar-refractivity contribution in [2.75, 3.05) is 11.4 Å². The molecule has 0 saturated heterocycles. The third-order valence-corrected chi connectivity index (χ3v) is 6.42. The number of fused-ring (bicyclic) bond motifs is 2. The van der Waals surface area contributed by atoms with Gasteiger partial charge in [-0.3, -0.25) is 0 Å². The van der Waals surface area contributed by atoms with Gasteiger partial charge in [-0.1, -0.05) is 48.0 Å². The van der Waals surface area contributed by atoms with Crippen molar-refractivity contribution in [1.29, 1.82) is 0 Å². The molecule has 31 heavy (non-hydrogen) atoms. The van der Waals surface area contributed by atoms with Crippen molar-refractivity contribution in [1.82, 2.24) is 9.55 Å². The molecule has 3 nitrogen and oxygen atoms in total. The second-order valence-electron chi connectivity index (χ2n) is 8.03. The van der Waals surface area contributed by atoms with Gasteiger partial charge in [0.15, 0.2) is 5.82 Å². The molecule has 0 bridgehead atoms. The number of nitrogens with zero attached hydrogens (tertiary/aromatic N) is 3. The zero-order valence-electron chi connectivity index (χ0n) is 17.5. The van der Waals surface area contributed by atoms with E-state index >= 15 is 0 Å². The Morgan fingerprint density at radius 1 is 1.03 bits per heavy atom. The van der Waals surface area contributed by atoms with Crippen LogP contribution in [-0.4, -0.2) is 16.1 Å². The van der Waals surface area contributed by atoms with Gasteiger partial charge in [-0.25, -0.2) is 9.37 Å². The van der Waals surface area contributed by atoms with Crippen LogP contribution in [0, 0.1) is 19.7 Å². The summed E-state index contributed by atoms with van der Waals surface area (Å²) in [6.07, 6.45) is 0.981. The van der Waals surface area contributed by atoms with Crippen molar-refractivity contribution in [3.63, 3.8) is 0 Å². The van der Waals surface area contributed by atoms with Crippen LogP contribution in [0.1, 0.15) is 27.9 Å². The van der Waals surface area contributed by atoms with Crippen LogP contribution in [-0.2, 0) is 19.5 Å². The second kappa shape index (κ2) is 8.52. The molecule has 0 atom stereocenters. The number of aromatic nitrogens is 2. The molecule has 0 saturated carbocycles. The predicted octanol–water partition coefficient (Wildman–Crippen LogP) is 6.48. The van der Waals surface area contributed by atoms with E-state index in [9.17, 15) is 4.39 Å². The molecule has 160 valence electrons. The number of hydrogen-bond acceptors (Lipinski definition) is 2. The summed E-state index contributed by atoms with van der Waals surface area (Å²) in [6, 6.07) is 17.3. The highest BCUT2D eigenvalue weighted by Gasteiger charge is 2.24. The van der Waals surface area contributed by atoms with E-state index in [0.29, 0.717) is 11.7 Å². The van der Waals surface area contributed by atoms with Crippen LogP contribution in [0.15, 0.2) is 54.6 Å². The van der Waals surface area contributed by atoms with E-state index in [1.165, 1.54) is 22.8 Å². The fourth-order valence-corrected chi connectivity index (χ4v) is 4.71. The van der Waals surface area contributed by atoms with Crippen molar-refractivity contribution >= 4 is 40.7 Å². The molecule has 0 aliphatic carbocycles. The molecule has 0 spiro atoms. The summed E-state index contributed by atoms with van der Waals surface area (Å²) >= 11 is 6.46. The summed E-state index contributed by atoms with van der Waals surface area (Å²) in [5.41, 5.74) is 7.06. The number of benzene rings is 2. The van der Waals surface area contributed by atoms with Gasteiger partial charge in [-0.05, 0) is 60.7 Å². The molecule has 6 heteroatoms. The van der Waals surface area contributed by atoms with Gasteiger partial charge in [0.2, 0.25) is 0 Å². The molecule has 4 aromatic rings. The molecule has 0 N–H and O–H groups in total. The van der Waals surface area contributed by atoms with E-state index in [1.807, 2.05) is 12.1 Å². The van der Waals surface area contributed by atoms with Crippen molar-refractivity contribution in [2.24, 2.45) is 0 Å². The van der Waals surface area contributed by atoms with Gasteiger partial charge < -0.3 is 9.47 Å². The molecule has 1 aliphatic rings. The minimum absolute atomic E-state index is 0. The Bertz CT molecular complexity index is 1270. The summed E-state index contributed by atoms with van der Waals surface area (Å²) in [5.74, 6) is 0.687. The zero-order valence-corrected chi connectivity index (χ0v) is 19.1. The van der Waals surface area contributed by atoms with Gasteiger partial charge in [0, 0.05) is 30.7 Å². The first-order valence-electron chi connectivity index (χ1n) is 10.2. The van der Waals surface area contributed by atoms with Crippen LogP contribution >= 0.6 is 24.0 Å². The summed E-state index contributed by atoms with van der Waals surface area (Å²) in [7, 11) is 0. The quantitative estimate of drug-likeness (QED) is 0.329. The minimum Gasteiger partial charge on any atom is -0.350 e. The summed E-state index contributed by atoms with van der Waals surface area (Å²) < 4.78 is 16.1. The monoisotopic (exact) mass is 455 g/mol. The lowest BCUT2D eigenvalue weighted by Crippen LogP contribution is -2.31. The third kappa shape index (κ3) is 3.90. The van der Waals surface area contributed by atoms with Crippen LogP contribution in [0.4, 0.5) is 10.2 Å². The fourth-order valence-electron chi connectivity index (χ4n) is 4.52. The average molecular weight is 456 g/mol. The van der Waals surface area contributed by atoms with E-state index < -0.39 is 0 Å². The second-order valence-corrected chi connectivity index (χ2v) is 8.42. The smallest absolute Gasteiger partial charge is 0.155 e. The number of halogens is 3. The van der Waals surface area contributed by atoms with Crippen LogP contribution < -0.4 is 4.90 Å². The third-order valence-electron chi connectivity index (χ3n) is 6.22. The van der Waals surface area contributed by atoms with Crippen LogP contribution in [0.5, 0.6) is 0 Å². The highest BCUT2D eigenvalue weighted by molar-refractivity contribution is 6.30. The van der Waals surface area contributed by atoms with E-state index in [4.69, 9.17) is 16.6 Å². The molecule has 2 aromatic carbocycles. The van der Waals surface area contributed by atoms with E-state index in [2.05, 4.69) is 47.6 Å². The number of hydrogen-bond donors (Lipinski definition) is 0. The molecular formula is C25H24Cl2FN3. The Morgan fingerprint density at radius 2 is 1.81 bits per heavy atom. The van der Waals surface area contributed by atoms with Gasteiger partial charge in [0.25, 0.3) is 0 Å². The number of pyridine rings is 1. The summed E-state index contributed by atoms with van der Waals surface area (Å²) in [5, 5.41) is 1.61. The molecule has 5 rings (SSSR count). The SMILES string of the molecule is Cc1c(C)n(Cc2cccc(F)c2)c2c(N3CCc4ccccc4C3)nc(Cl)cc12.Cl. The lowest BCUT2D eigenvalue weighted by atomic mass is 10.00. The number of rotatable bonds is 3. The van der Waals surface area contributed by atoms with Gasteiger partial charge in [0.1, 0.15) is 11.0 Å². The maximum absolute atomic E-state index is 13.8. The Morgan fingerprint density at radius 3 is 2.58 bits per heavy atom. The van der Waals surface area contributed by atoms with E-state index in [-0.39, 0.29) is 18.2 Å². The van der Waals surface area contributed by atoms with E-state index in [1.54, 1.807) is 12.1 Å². The number of aryl methyl sites for hydroxylation is 1. The zero-order chi connectivity index (χ0) is 20.8. The van der Waals surface area contributed by atoms with Gasteiger partial charge in [-0.2, -0.15) is 0 Å². The Kier molecular flexibility index (Phi) is 5.96. The van der Waals surface area contributed by atoms with Crippen LogP contribution in [0.3, 0.4) is 0 Å². The van der Waals surface area contributed by atoms with Gasteiger partial charge >= 0.3 is 0 Å². The standard InChI is InChI=1S/C25H23ClFN3.ClH/c1-16-17(2)30(14-18-6-5-9-21(27)12-18)24-22(16)13-23(26)28-25(24)29-11-10-19-7-3-4-8-20(19)15-29;/h3-9,12-13H,10-11,14-15H2,1-2H3;1H. The normalized spacial score (nSPS) is 13.2. The molecule has 0 amide bonds. The molecular weight excluding hydrogens is 432 g/mol. The number of anilines is 1. The summed E-state index contributed by atoms with van der Waals surface area (Å²) in [4.78, 5) is 7.09. The molecule has 0 radical (unpaired) electrons. The molecule has 2 aromatic heterocycles.